The Labute approximate surface area is 262 Å². The monoisotopic (exact) mass is 672 g/mol. The number of anilines is 2. The highest BCUT2D eigenvalue weighted by atomic mass is 19.4. The van der Waals surface area contributed by atoms with E-state index < -0.39 is 59.6 Å². The van der Waals surface area contributed by atoms with Crippen LogP contribution < -0.4 is 21.8 Å². The van der Waals surface area contributed by atoms with Gasteiger partial charge < -0.3 is 20.5 Å². The molecule has 0 bridgehead atoms. The first-order valence-electron chi connectivity index (χ1n) is 13.5. The third-order valence-electron chi connectivity index (χ3n) is 6.49. The smallest absolute Gasteiger partial charge is 0.406 e. The number of carbonyl (C=O) groups excluding carboxylic acids is 1. The van der Waals surface area contributed by atoms with Gasteiger partial charge in [-0.2, -0.15) is 26.3 Å². The summed E-state index contributed by atoms with van der Waals surface area (Å²) in [5.41, 5.74) is -2.58. The molecule has 0 radical (unpaired) electrons. The molecular formula is C29H30F6N6O6. The van der Waals surface area contributed by atoms with E-state index in [4.69, 9.17) is 5.11 Å². The number of methoxy groups -OCH3 is 1. The van der Waals surface area contributed by atoms with Gasteiger partial charge in [0.05, 0.1) is 41.6 Å². The Morgan fingerprint density at radius 1 is 0.745 bits per heavy atom. The summed E-state index contributed by atoms with van der Waals surface area (Å²) in [6.45, 7) is 3.31. The van der Waals surface area contributed by atoms with Gasteiger partial charge in [0.1, 0.15) is 24.2 Å². The van der Waals surface area contributed by atoms with Crippen LogP contribution in [0.4, 0.5) is 37.7 Å². The number of halogens is 6. The summed E-state index contributed by atoms with van der Waals surface area (Å²) in [6.07, 6.45) is -7.35. The van der Waals surface area contributed by atoms with Gasteiger partial charge >= 0.3 is 24.3 Å². The van der Waals surface area contributed by atoms with E-state index in [1.165, 1.54) is 57.4 Å². The van der Waals surface area contributed by atoms with Gasteiger partial charge in [0.25, 0.3) is 11.1 Å². The Hall–Kier alpha value is -5.16. The normalized spacial score (nSPS) is 12.3. The van der Waals surface area contributed by atoms with Gasteiger partial charge in [0.15, 0.2) is 0 Å². The molecule has 0 saturated heterocycles. The van der Waals surface area contributed by atoms with Crippen molar-refractivity contribution in [1.82, 2.24) is 19.1 Å². The van der Waals surface area contributed by atoms with Crippen molar-refractivity contribution in [3.05, 3.63) is 69.8 Å². The minimum Gasteiger partial charge on any atom is -0.480 e. The van der Waals surface area contributed by atoms with Gasteiger partial charge in [-0.25, -0.2) is 19.6 Å². The van der Waals surface area contributed by atoms with E-state index in [0.29, 0.717) is 20.5 Å². The Kier molecular flexibility index (Phi) is 10.3. The number of benzene rings is 2. The lowest BCUT2D eigenvalue weighted by Gasteiger charge is -2.24. The number of alkyl halides is 6. The predicted molar refractivity (Wildman–Crippen MR) is 159 cm³/mol. The third-order valence-corrected chi connectivity index (χ3v) is 6.49. The fraction of sp³-hybridized carbons (Fsp3) is 0.379. The first-order chi connectivity index (χ1) is 21.5. The molecule has 47 heavy (non-hydrogen) atoms. The Bertz CT molecular complexity index is 1920. The van der Waals surface area contributed by atoms with Gasteiger partial charge in [0.2, 0.25) is 0 Å². The summed E-state index contributed by atoms with van der Waals surface area (Å²) in [7, 11) is 1.26. The molecule has 0 aliphatic carbocycles. The molecule has 2 aromatic heterocycles. The molecule has 2 heterocycles. The van der Waals surface area contributed by atoms with Crippen molar-refractivity contribution < 1.29 is 45.8 Å². The number of aliphatic carboxylic acids is 1. The number of aromatic nitrogens is 4. The molecule has 0 amide bonds. The molecule has 0 spiro atoms. The highest BCUT2D eigenvalue weighted by Crippen LogP contribution is 2.22. The predicted octanol–water partition coefficient (Wildman–Crippen LogP) is 4.56. The number of carboxylic acids is 1. The summed E-state index contributed by atoms with van der Waals surface area (Å²) in [5.74, 6) is -1.57. The lowest BCUT2D eigenvalue weighted by Crippen LogP contribution is -2.41. The number of ether oxygens (including phenoxy) is 1. The fourth-order valence-corrected chi connectivity index (χ4v) is 4.17. The van der Waals surface area contributed by atoms with E-state index in [1.807, 2.05) is 0 Å². The topological polar surface area (TPSA) is 157 Å². The van der Waals surface area contributed by atoms with Crippen LogP contribution in [0.3, 0.4) is 0 Å². The summed E-state index contributed by atoms with van der Waals surface area (Å²) in [4.78, 5) is 54.6. The van der Waals surface area contributed by atoms with E-state index in [2.05, 4.69) is 25.3 Å². The van der Waals surface area contributed by atoms with Crippen LogP contribution in [0.25, 0.3) is 21.8 Å². The quantitative estimate of drug-likeness (QED) is 0.179. The minimum atomic E-state index is -4.52. The van der Waals surface area contributed by atoms with Crippen molar-refractivity contribution in [1.29, 1.82) is 0 Å². The largest absolute Gasteiger partial charge is 0.480 e. The summed E-state index contributed by atoms with van der Waals surface area (Å²) in [6, 6.07) is 8.51. The second-order valence-corrected chi connectivity index (χ2v) is 11.3. The number of hydrogen-bond donors (Lipinski definition) is 3. The molecule has 4 aromatic rings. The molecule has 0 fully saturated rings. The van der Waals surface area contributed by atoms with Crippen LogP contribution in [-0.2, 0) is 27.4 Å². The highest BCUT2D eigenvalue weighted by Gasteiger charge is 2.31. The van der Waals surface area contributed by atoms with Gasteiger partial charge in [-0.15, -0.1) is 0 Å². The maximum Gasteiger partial charge on any atom is 0.406 e. The summed E-state index contributed by atoms with van der Waals surface area (Å²) in [5, 5.41) is 14.8. The minimum absolute atomic E-state index is 0.0235. The van der Waals surface area contributed by atoms with E-state index in [1.54, 1.807) is 13.8 Å². The summed E-state index contributed by atoms with van der Waals surface area (Å²) >= 11 is 0. The van der Waals surface area contributed by atoms with Crippen molar-refractivity contribution in [2.75, 3.05) is 17.7 Å². The fourth-order valence-electron chi connectivity index (χ4n) is 4.17. The van der Waals surface area contributed by atoms with E-state index >= 15 is 0 Å². The van der Waals surface area contributed by atoms with E-state index in [0.717, 1.165) is 12.7 Å². The Morgan fingerprint density at radius 2 is 1.13 bits per heavy atom. The molecule has 3 N–H and O–H groups in total. The molecule has 4 rings (SSSR count). The number of nitrogens with zero attached hydrogens (tertiary/aromatic N) is 4. The molecule has 0 atom stereocenters. The number of nitrogens with one attached hydrogen (secondary N) is 2. The average Bonchev–Trinajstić information content (AvgIpc) is 2.94. The van der Waals surface area contributed by atoms with Crippen LogP contribution in [0, 0.1) is 0 Å². The zero-order valence-electron chi connectivity index (χ0n) is 25.6. The van der Waals surface area contributed by atoms with Gasteiger partial charge in [0, 0.05) is 11.4 Å². The molecule has 0 unspecified atom stereocenters. The van der Waals surface area contributed by atoms with Gasteiger partial charge in [-0.3, -0.25) is 18.7 Å². The molecule has 254 valence electrons. The standard InChI is InChI=1S/C15H16F3N3O3.C14H14F3N3O3/c1-14(2,13(23)24-3)20-9-4-5-10-11(6-9)19-8-21(12(10)22)7-15(16,17)18;1-13(2,12(22)23)19-8-3-4-9-10(5-8)18-7-20(11(9)21)6-14(15,16)17/h4-6,8,20H,7H2,1-3H3;3-5,7,19H,6H2,1-2H3,(H,22,23). The first kappa shape index (κ1) is 36.3. The second-order valence-electron chi connectivity index (χ2n) is 11.3. The zero-order chi connectivity index (χ0) is 35.5. The zero-order valence-corrected chi connectivity index (χ0v) is 25.6. The summed E-state index contributed by atoms with van der Waals surface area (Å²) < 4.78 is 80.2. The molecular weight excluding hydrogens is 642 g/mol. The third kappa shape index (κ3) is 9.43. The van der Waals surface area contributed by atoms with Crippen LogP contribution >= 0.6 is 0 Å². The van der Waals surface area contributed by atoms with Crippen LogP contribution in [0.1, 0.15) is 27.7 Å². The molecule has 0 saturated carbocycles. The molecule has 0 aliphatic heterocycles. The van der Waals surface area contributed by atoms with Crippen molar-refractivity contribution in [3.8, 4) is 0 Å². The number of hydrogen-bond acceptors (Lipinski definition) is 9. The van der Waals surface area contributed by atoms with Crippen LogP contribution in [0.2, 0.25) is 0 Å². The lowest BCUT2D eigenvalue weighted by atomic mass is 10.1. The van der Waals surface area contributed by atoms with Crippen molar-refractivity contribution >= 4 is 45.1 Å². The van der Waals surface area contributed by atoms with Crippen molar-refractivity contribution in [2.24, 2.45) is 0 Å². The van der Waals surface area contributed by atoms with Crippen LogP contribution in [-0.4, -0.2) is 66.7 Å². The van der Waals surface area contributed by atoms with Gasteiger partial charge in [-0.05, 0) is 64.1 Å². The first-order valence-corrected chi connectivity index (χ1v) is 13.5. The van der Waals surface area contributed by atoms with Crippen molar-refractivity contribution in [2.45, 2.75) is 64.2 Å². The second kappa shape index (κ2) is 13.3. The number of rotatable bonds is 8. The number of esters is 1. The number of carboxylic acid groups (broad SMARTS) is 1. The molecule has 0 aliphatic rings. The Balaban J connectivity index is 0.000000256. The van der Waals surface area contributed by atoms with E-state index in [-0.39, 0.29) is 21.8 Å². The van der Waals surface area contributed by atoms with E-state index in [9.17, 15) is 45.5 Å². The molecule has 2 aromatic carbocycles. The average molecular weight is 673 g/mol. The van der Waals surface area contributed by atoms with Gasteiger partial charge in [-0.1, -0.05) is 0 Å². The van der Waals surface area contributed by atoms with Crippen molar-refractivity contribution in [3.63, 3.8) is 0 Å². The maximum absolute atomic E-state index is 12.4. The highest BCUT2D eigenvalue weighted by molar-refractivity contribution is 5.87. The maximum atomic E-state index is 12.4. The number of carbonyl (C=O) groups is 2. The lowest BCUT2D eigenvalue weighted by molar-refractivity contribution is -0.145. The van der Waals surface area contributed by atoms with Crippen LogP contribution in [0.5, 0.6) is 0 Å². The Morgan fingerprint density at radius 3 is 1.47 bits per heavy atom. The SMILES string of the molecule is CC(C)(Nc1ccc2c(=O)n(CC(F)(F)F)cnc2c1)C(=O)O.COC(=O)C(C)(C)Nc1ccc2c(=O)n(CC(F)(F)F)cnc2c1. The molecule has 18 heteroatoms. The molecule has 12 nitrogen and oxygen atoms in total. The van der Waals surface area contributed by atoms with Crippen LogP contribution in [0.15, 0.2) is 58.6 Å². The number of fused-ring (bicyclic) bond motifs is 2.